The van der Waals surface area contributed by atoms with E-state index in [1.807, 2.05) is 18.2 Å². The van der Waals surface area contributed by atoms with Crippen LogP contribution in [-0.2, 0) is 20.7 Å². The second-order valence-corrected chi connectivity index (χ2v) is 9.16. The van der Waals surface area contributed by atoms with Crippen LogP contribution >= 0.6 is 0 Å². The van der Waals surface area contributed by atoms with E-state index in [0.717, 1.165) is 56.1 Å². The fraction of sp³-hybridized carbons (Fsp3) is 0.714. The van der Waals surface area contributed by atoms with Crippen LogP contribution in [0.3, 0.4) is 0 Å². The normalized spacial score (nSPS) is 15.2. The minimum atomic E-state index is -0.350. The van der Waals surface area contributed by atoms with Crippen LogP contribution in [0.25, 0.3) is 0 Å². The number of rotatable bonds is 16. The summed E-state index contributed by atoms with van der Waals surface area (Å²) < 4.78 is 11.2. The van der Waals surface area contributed by atoms with Gasteiger partial charge < -0.3 is 9.47 Å². The molecule has 180 valence electrons. The maximum atomic E-state index is 12.9. The van der Waals surface area contributed by atoms with Gasteiger partial charge in [0.15, 0.2) is 0 Å². The van der Waals surface area contributed by atoms with E-state index in [1.165, 1.54) is 51.4 Å². The van der Waals surface area contributed by atoms with Crippen molar-refractivity contribution in [2.45, 2.75) is 116 Å². The van der Waals surface area contributed by atoms with Crippen molar-refractivity contribution in [2.75, 3.05) is 13.2 Å². The molecule has 1 aromatic carbocycles. The second kappa shape index (κ2) is 15.9. The Labute approximate surface area is 195 Å². The lowest BCUT2D eigenvalue weighted by Crippen LogP contribution is -2.24. The number of aryl methyl sites for hydroxylation is 1. The zero-order valence-corrected chi connectivity index (χ0v) is 20.5. The van der Waals surface area contributed by atoms with E-state index in [4.69, 9.17) is 9.47 Å². The Morgan fingerprint density at radius 3 is 2.06 bits per heavy atom. The van der Waals surface area contributed by atoms with E-state index in [2.05, 4.69) is 13.8 Å². The van der Waals surface area contributed by atoms with Gasteiger partial charge in [0.2, 0.25) is 0 Å². The van der Waals surface area contributed by atoms with Gasteiger partial charge >= 0.3 is 11.9 Å². The molecule has 0 N–H and O–H groups in total. The number of fused-ring (bicyclic) bond motifs is 1. The van der Waals surface area contributed by atoms with E-state index < -0.39 is 0 Å². The molecule has 0 amide bonds. The zero-order chi connectivity index (χ0) is 23.0. The van der Waals surface area contributed by atoms with Crippen LogP contribution < -0.4 is 0 Å². The molecule has 0 heterocycles. The first-order valence-electron chi connectivity index (χ1n) is 13.1. The number of ether oxygens (including phenoxy) is 2. The highest BCUT2D eigenvalue weighted by Gasteiger charge is 2.32. The maximum Gasteiger partial charge on any atom is 0.338 e. The predicted molar refractivity (Wildman–Crippen MR) is 130 cm³/mol. The van der Waals surface area contributed by atoms with Crippen LogP contribution in [0, 0.1) is 0 Å². The Bertz CT molecular complexity index is 682. The molecule has 0 saturated heterocycles. The zero-order valence-electron chi connectivity index (χ0n) is 20.5. The van der Waals surface area contributed by atoms with Crippen LogP contribution in [0.1, 0.15) is 131 Å². The Hall–Kier alpha value is -1.84. The van der Waals surface area contributed by atoms with Gasteiger partial charge in [-0.15, -0.1) is 0 Å². The number of carbonyl (C=O) groups excluding carboxylic acids is 2. The van der Waals surface area contributed by atoms with Gasteiger partial charge in [-0.2, -0.15) is 0 Å². The quantitative estimate of drug-likeness (QED) is 0.195. The van der Waals surface area contributed by atoms with Crippen molar-refractivity contribution in [1.29, 1.82) is 0 Å². The van der Waals surface area contributed by atoms with Crippen molar-refractivity contribution in [1.82, 2.24) is 0 Å². The first kappa shape index (κ1) is 26.4. The fourth-order valence-electron chi connectivity index (χ4n) is 4.58. The summed E-state index contributed by atoms with van der Waals surface area (Å²) in [5, 5.41) is 0. The summed E-state index contributed by atoms with van der Waals surface area (Å²) in [5.41, 5.74) is 2.49. The van der Waals surface area contributed by atoms with Crippen LogP contribution in [0.15, 0.2) is 18.2 Å². The Kier molecular flexibility index (Phi) is 13.1. The molecule has 1 aliphatic rings. The van der Waals surface area contributed by atoms with Crippen molar-refractivity contribution < 1.29 is 19.1 Å². The van der Waals surface area contributed by atoms with Crippen molar-refractivity contribution in [3.63, 3.8) is 0 Å². The predicted octanol–water partition coefficient (Wildman–Crippen LogP) is 7.53. The molecule has 1 unspecified atom stereocenters. The molecule has 4 heteroatoms. The second-order valence-electron chi connectivity index (χ2n) is 9.16. The number of esters is 2. The number of carbonyl (C=O) groups is 2. The van der Waals surface area contributed by atoms with Crippen molar-refractivity contribution >= 4 is 11.9 Å². The van der Waals surface area contributed by atoms with Crippen LogP contribution in [-0.4, -0.2) is 25.2 Å². The summed E-state index contributed by atoms with van der Waals surface area (Å²) >= 11 is 0. The van der Waals surface area contributed by atoms with Gasteiger partial charge in [0.1, 0.15) is 0 Å². The fourth-order valence-corrected chi connectivity index (χ4v) is 4.58. The number of hydrogen-bond donors (Lipinski definition) is 0. The Morgan fingerprint density at radius 1 is 0.812 bits per heavy atom. The third-order valence-corrected chi connectivity index (χ3v) is 6.46. The molecule has 0 aliphatic heterocycles. The summed E-state index contributed by atoms with van der Waals surface area (Å²) in [6, 6.07) is 5.75. The summed E-state index contributed by atoms with van der Waals surface area (Å²) in [6.45, 7) is 5.34. The van der Waals surface area contributed by atoms with Gasteiger partial charge in [-0.1, -0.05) is 90.2 Å². The Morgan fingerprint density at radius 2 is 1.41 bits per heavy atom. The molecule has 0 bridgehead atoms. The highest BCUT2D eigenvalue weighted by Crippen LogP contribution is 2.35. The lowest BCUT2D eigenvalue weighted by atomic mass is 9.80. The lowest BCUT2D eigenvalue weighted by Gasteiger charge is -2.26. The first-order chi connectivity index (χ1) is 15.7. The van der Waals surface area contributed by atoms with E-state index in [-0.39, 0.29) is 17.9 Å². The third kappa shape index (κ3) is 8.96. The molecule has 32 heavy (non-hydrogen) atoms. The minimum absolute atomic E-state index is 0.185. The molecule has 1 atom stereocenters. The minimum Gasteiger partial charge on any atom is -0.465 e. The van der Waals surface area contributed by atoms with E-state index in [0.29, 0.717) is 18.8 Å². The summed E-state index contributed by atoms with van der Waals surface area (Å²) in [7, 11) is 0. The average molecular weight is 445 g/mol. The van der Waals surface area contributed by atoms with Crippen molar-refractivity contribution in [2.24, 2.45) is 0 Å². The van der Waals surface area contributed by atoms with Gasteiger partial charge in [-0.25, -0.2) is 4.79 Å². The number of benzene rings is 1. The third-order valence-electron chi connectivity index (χ3n) is 6.46. The van der Waals surface area contributed by atoms with Crippen molar-refractivity contribution in [3.05, 3.63) is 34.9 Å². The van der Waals surface area contributed by atoms with E-state index in [1.54, 1.807) is 0 Å². The highest BCUT2D eigenvalue weighted by atomic mass is 16.5. The SMILES string of the molecule is CCCCCCCCOC(=O)c1cccc2c1C(C(=O)OCCCCCCCC)CCC2. The summed E-state index contributed by atoms with van der Waals surface area (Å²) in [4.78, 5) is 25.7. The van der Waals surface area contributed by atoms with Gasteiger partial charge in [0.25, 0.3) is 0 Å². The van der Waals surface area contributed by atoms with Crippen LogP contribution in [0.2, 0.25) is 0 Å². The van der Waals surface area contributed by atoms with Crippen LogP contribution in [0.5, 0.6) is 0 Å². The van der Waals surface area contributed by atoms with E-state index >= 15 is 0 Å². The highest BCUT2D eigenvalue weighted by molar-refractivity contribution is 5.94. The summed E-state index contributed by atoms with van der Waals surface area (Å²) in [6.07, 6.45) is 16.5. The monoisotopic (exact) mass is 444 g/mol. The van der Waals surface area contributed by atoms with E-state index in [9.17, 15) is 9.59 Å². The largest absolute Gasteiger partial charge is 0.465 e. The summed E-state index contributed by atoms with van der Waals surface area (Å²) in [5.74, 6) is -0.835. The van der Waals surface area contributed by atoms with Gasteiger partial charge in [0.05, 0.1) is 24.7 Å². The van der Waals surface area contributed by atoms with Gasteiger partial charge in [-0.05, 0) is 49.3 Å². The molecule has 0 saturated carbocycles. The van der Waals surface area contributed by atoms with Gasteiger partial charge in [0, 0.05) is 0 Å². The molecule has 1 aromatic rings. The standard InChI is InChI=1S/C28H44O4/c1-3-5-7-9-11-13-21-31-27(29)24-19-15-17-23-18-16-20-25(26(23)24)28(30)32-22-14-12-10-8-6-4-2/h15,17,19,25H,3-14,16,18,20-22H2,1-2H3. The van der Waals surface area contributed by atoms with Crippen molar-refractivity contribution in [3.8, 4) is 0 Å². The average Bonchev–Trinajstić information content (AvgIpc) is 2.81. The topological polar surface area (TPSA) is 52.6 Å². The molecular weight excluding hydrogens is 400 g/mol. The molecule has 1 aliphatic carbocycles. The smallest absolute Gasteiger partial charge is 0.338 e. The van der Waals surface area contributed by atoms with Crippen LogP contribution in [0.4, 0.5) is 0 Å². The number of hydrogen-bond acceptors (Lipinski definition) is 4. The first-order valence-corrected chi connectivity index (χ1v) is 13.1. The maximum absolute atomic E-state index is 12.9. The molecule has 2 rings (SSSR count). The Balaban J connectivity index is 1.87. The molecule has 4 nitrogen and oxygen atoms in total. The molecular formula is C28H44O4. The van der Waals surface area contributed by atoms with Gasteiger partial charge in [-0.3, -0.25) is 4.79 Å². The molecule has 0 aromatic heterocycles. The molecule has 0 fully saturated rings. The number of unbranched alkanes of at least 4 members (excludes halogenated alkanes) is 10. The lowest BCUT2D eigenvalue weighted by molar-refractivity contribution is -0.146. The molecule has 0 radical (unpaired) electrons. The molecule has 0 spiro atoms.